The second-order valence-electron chi connectivity index (χ2n) is 10.5. The number of amides is 1. The number of likely N-dealkylation sites (N-methyl/N-ethyl adjacent to an activating group) is 1. The molecule has 10 heteroatoms. The number of aliphatic hydroxyl groups excluding tert-OH is 2. The SMILES string of the molecule is Cc1ccc(-c2ccc(O)c3c2CC2CC4C(N(C)C)C(O)=C(C(N)=O)C(=O)C4(O)C(O)=C2C3=O)cc1N. The van der Waals surface area contributed by atoms with Crippen molar-refractivity contribution in [1.29, 1.82) is 0 Å². The number of aromatic hydroxyl groups is 1. The first-order valence-electron chi connectivity index (χ1n) is 12.2. The highest BCUT2D eigenvalue weighted by atomic mass is 16.3. The third-order valence-corrected chi connectivity index (χ3v) is 8.20. The molecule has 0 saturated carbocycles. The molecule has 38 heavy (non-hydrogen) atoms. The lowest BCUT2D eigenvalue weighted by Gasteiger charge is -2.50. The minimum atomic E-state index is -2.66. The summed E-state index contributed by atoms with van der Waals surface area (Å²) in [5.41, 5.74) is 11.2. The summed E-state index contributed by atoms with van der Waals surface area (Å²) in [7, 11) is 3.18. The van der Waals surface area contributed by atoms with Gasteiger partial charge in [-0.05, 0) is 74.2 Å². The maximum atomic E-state index is 13.8. The van der Waals surface area contributed by atoms with Crippen LogP contribution in [0.25, 0.3) is 11.1 Å². The number of anilines is 1. The molecule has 1 amide bonds. The number of aryl methyl sites for hydroxylation is 1. The second kappa shape index (κ2) is 8.44. The Labute approximate surface area is 218 Å². The van der Waals surface area contributed by atoms with Crippen molar-refractivity contribution >= 4 is 23.2 Å². The van der Waals surface area contributed by atoms with E-state index in [4.69, 9.17) is 11.5 Å². The van der Waals surface area contributed by atoms with Crippen LogP contribution in [0.15, 0.2) is 53.0 Å². The molecule has 0 fully saturated rings. The summed E-state index contributed by atoms with van der Waals surface area (Å²) in [6.45, 7) is 1.87. The van der Waals surface area contributed by atoms with Crippen LogP contribution in [0.3, 0.4) is 0 Å². The van der Waals surface area contributed by atoms with Crippen LogP contribution >= 0.6 is 0 Å². The summed E-state index contributed by atoms with van der Waals surface area (Å²) in [5, 5.41) is 44.6. The number of carbonyl (C=O) groups excluding carboxylic acids is 3. The number of nitrogens with two attached hydrogens (primary N) is 2. The first kappa shape index (κ1) is 25.5. The fourth-order valence-corrected chi connectivity index (χ4v) is 6.33. The van der Waals surface area contributed by atoms with Crippen LogP contribution in [0.2, 0.25) is 0 Å². The molecule has 2 aromatic rings. The number of phenolic OH excluding ortho intramolecular Hbond substituents is 1. The quantitative estimate of drug-likeness (QED) is 0.259. The molecule has 0 spiro atoms. The monoisotopic (exact) mass is 519 g/mol. The number of Topliss-reactive ketones (excluding diaryl/α,β-unsaturated/α-hetero) is 2. The van der Waals surface area contributed by atoms with Crippen LogP contribution in [-0.4, -0.2) is 68.5 Å². The van der Waals surface area contributed by atoms with E-state index in [-0.39, 0.29) is 29.7 Å². The molecule has 0 aliphatic heterocycles. The number of carbonyl (C=O) groups is 3. The largest absolute Gasteiger partial charge is 0.510 e. The predicted molar refractivity (Wildman–Crippen MR) is 138 cm³/mol. The molecule has 3 aliphatic rings. The fraction of sp³-hybridized carbons (Fsp3) is 0.321. The highest BCUT2D eigenvalue weighted by Gasteiger charge is 2.63. The molecule has 2 aromatic carbocycles. The number of nitrogens with zero attached hydrogens (tertiary/aromatic N) is 1. The average Bonchev–Trinajstić information content (AvgIpc) is 2.83. The van der Waals surface area contributed by atoms with Gasteiger partial charge in [0.15, 0.2) is 11.4 Å². The Bertz CT molecular complexity index is 1510. The lowest BCUT2D eigenvalue weighted by atomic mass is 9.58. The van der Waals surface area contributed by atoms with Crippen molar-refractivity contribution in [2.45, 2.75) is 31.4 Å². The van der Waals surface area contributed by atoms with Gasteiger partial charge in [0.1, 0.15) is 22.8 Å². The number of hydrogen-bond donors (Lipinski definition) is 6. The highest BCUT2D eigenvalue weighted by molar-refractivity contribution is 6.24. The maximum Gasteiger partial charge on any atom is 0.255 e. The summed E-state index contributed by atoms with van der Waals surface area (Å²) in [6, 6.07) is 7.53. The van der Waals surface area contributed by atoms with Gasteiger partial charge in [-0.2, -0.15) is 0 Å². The number of hydrogen-bond acceptors (Lipinski definition) is 9. The maximum absolute atomic E-state index is 13.8. The van der Waals surface area contributed by atoms with Crippen molar-refractivity contribution < 1.29 is 34.8 Å². The van der Waals surface area contributed by atoms with E-state index < -0.39 is 58.0 Å². The van der Waals surface area contributed by atoms with Gasteiger partial charge in [0.2, 0.25) is 5.78 Å². The van der Waals surface area contributed by atoms with Crippen molar-refractivity contribution in [2.75, 3.05) is 19.8 Å². The minimum absolute atomic E-state index is 0.0247. The van der Waals surface area contributed by atoms with Gasteiger partial charge in [-0.15, -0.1) is 0 Å². The van der Waals surface area contributed by atoms with E-state index >= 15 is 0 Å². The van der Waals surface area contributed by atoms with Gasteiger partial charge in [-0.1, -0.05) is 18.2 Å². The number of primary amides is 1. The number of phenols is 1. The van der Waals surface area contributed by atoms with Crippen molar-refractivity contribution in [3.8, 4) is 16.9 Å². The van der Waals surface area contributed by atoms with Gasteiger partial charge >= 0.3 is 0 Å². The molecular weight excluding hydrogens is 490 g/mol. The smallest absolute Gasteiger partial charge is 0.255 e. The summed E-state index contributed by atoms with van der Waals surface area (Å²) in [6.07, 6.45) is 0.225. The molecule has 4 atom stereocenters. The van der Waals surface area contributed by atoms with E-state index in [1.807, 2.05) is 19.1 Å². The molecule has 10 nitrogen and oxygen atoms in total. The number of fused-ring (bicyclic) bond motifs is 3. The Balaban J connectivity index is 1.73. The van der Waals surface area contributed by atoms with Gasteiger partial charge < -0.3 is 31.9 Å². The lowest BCUT2D eigenvalue weighted by Crippen LogP contribution is -2.63. The average molecular weight is 520 g/mol. The van der Waals surface area contributed by atoms with Gasteiger partial charge in [0.05, 0.1) is 11.6 Å². The Morgan fingerprint density at radius 1 is 1.11 bits per heavy atom. The van der Waals surface area contributed by atoms with Gasteiger partial charge in [-0.25, -0.2) is 0 Å². The molecule has 198 valence electrons. The van der Waals surface area contributed by atoms with Gasteiger partial charge in [-0.3, -0.25) is 19.3 Å². The number of ketones is 2. The standard InChI is InChI=1S/C28H29N3O7/c1-11-4-5-12(10-17(11)29)14-6-7-18(32)20-15(14)8-13-9-16-22(31(2)3)24(34)21(27(30)37)26(36)28(16,38)25(35)19(13)23(20)33/h4-7,10,13,16,22,32,34-35,38H,8-9,29H2,1-3H3,(H2,30,37). The third kappa shape index (κ3) is 3.30. The third-order valence-electron chi connectivity index (χ3n) is 8.20. The van der Waals surface area contributed by atoms with E-state index in [0.29, 0.717) is 16.8 Å². The van der Waals surface area contributed by atoms with Gasteiger partial charge in [0.25, 0.3) is 5.91 Å². The van der Waals surface area contributed by atoms with Crippen LogP contribution in [-0.2, 0) is 16.0 Å². The van der Waals surface area contributed by atoms with Crippen LogP contribution in [0.4, 0.5) is 5.69 Å². The normalized spacial score (nSPS) is 26.8. The molecule has 0 aromatic heterocycles. The summed E-state index contributed by atoms with van der Waals surface area (Å²) < 4.78 is 0. The number of benzene rings is 2. The number of rotatable bonds is 3. The van der Waals surface area contributed by atoms with Crippen molar-refractivity contribution in [3.63, 3.8) is 0 Å². The van der Waals surface area contributed by atoms with Crippen LogP contribution in [0, 0.1) is 18.8 Å². The molecule has 8 N–H and O–H groups in total. The predicted octanol–water partition coefficient (Wildman–Crippen LogP) is 1.68. The lowest BCUT2D eigenvalue weighted by molar-refractivity contribution is -0.148. The van der Waals surface area contributed by atoms with Crippen molar-refractivity contribution in [2.24, 2.45) is 17.6 Å². The number of allylic oxidation sites excluding steroid dienone is 1. The molecule has 0 heterocycles. The molecule has 3 aliphatic carbocycles. The molecule has 4 unspecified atom stereocenters. The molecular formula is C28H29N3O7. The first-order chi connectivity index (χ1) is 17.8. The summed E-state index contributed by atoms with van der Waals surface area (Å²) >= 11 is 0. The fourth-order valence-electron chi connectivity index (χ4n) is 6.33. The summed E-state index contributed by atoms with van der Waals surface area (Å²) in [4.78, 5) is 40.8. The Morgan fingerprint density at radius 3 is 2.39 bits per heavy atom. The van der Waals surface area contributed by atoms with Crippen LogP contribution in [0.5, 0.6) is 5.75 Å². The van der Waals surface area contributed by atoms with Crippen molar-refractivity contribution in [1.82, 2.24) is 4.90 Å². The van der Waals surface area contributed by atoms with E-state index in [1.54, 1.807) is 26.2 Å². The molecule has 0 bridgehead atoms. The summed E-state index contributed by atoms with van der Waals surface area (Å²) in [5.74, 6) is -6.77. The van der Waals surface area contributed by atoms with E-state index in [0.717, 1.165) is 11.1 Å². The van der Waals surface area contributed by atoms with E-state index in [2.05, 4.69) is 0 Å². The Hall–Kier alpha value is -4.15. The zero-order valence-corrected chi connectivity index (χ0v) is 21.1. The second-order valence-corrected chi connectivity index (χ2v) is 10.5. The van der Waals surface area contributed by atoms with E-state index in [9.17, 15) is 34.8 Å². The Kier molecular flexibility index (Phi) is 5.66. The Morgan fingerprint density at radius 2 is 1.79 bits per heavy atom. The molecule has 0 saturated heterocycles. The zero-order valence-electron chi connectivity index (χ0n) is 21.1. The van der Waals surface area contributed by atoms with E-state index in [1.165, 1.54) is 11.0 Å². The zero-order chi connectivity index (χ0) is 27.8. The van der Waals surface area contributed by atoms with Gasteiger partial charge in [0, 0.05) is 17.2 Å². The highest BCUT2D eigenvalue weighted by Crippen LogP contribution is 2.53. The topological polar surface area (TPSA) is 187 Å². The molecule has 5 rings (SSSR count). The van der Waals surface area contributed by atoms with Crippen molar-refractivity contribution in [3.05, 3.63) is 69.7 Å². The first-order valence-corrected chi connectivity index (χ1v) is 12.2. The number of aliphatic hydroxyl groups is 3. The van der Waals surface area contributed by atoms with Crippen LogP contribution < -0.4 is 11.5 Å². The van der Waals surface area contributed by atoms with Crippen LogP contribution in [0.1, 0.15) is 27.9 Å². The minimum Gasteiger partial charge on any atom is -0.510 e. The molecule has 0 radical (unpaired) electrons. The number of nitrogen functional groups attached to an aromatic ring is 1.